The van der Waals surface area contributed by atoms with Crippen molar-refractivity contribution in [2.75, 3.05) is 19.5 Å². The summed E-state index contributed by atoms with van der Waals surface area (Å²) in [4.78, 5) is 41.6. The number of hydrogen-bond acceptors (Lipinski definition) is 7. The van der Waals surface area contributed by atoms with E-state index >= 15 is 0 Å². The molecule has 0 amide bonds. The van der Waals surface area contributed by atoms with Crippen LogP contribution in [-0.4, -0.2) is 35.0 Å². The first-order chi connectivity index (χ1) is 13.8. The van der Waals surface area contributed by atoms with Gasteiger partial charge in [0.1, 0.15) is 5.69 Å². The summed E-state index contributed by atoms with van der Waals surface area (Å²) < 4.78 is 4.67. The molecule has 3 rings (SSSR count). The number of esters is 1. The Kier molecular flexibility index (Phi) is 5.60. The number of carbonyl (C=O) groups is 1. The van der Waals surface area contributed by atoms with Gasteiger partial charge in [-0.1, -0.05) is 17.7 Å². The Morgan fingerprint density at radius 3 is 2.72 bits per heavy atom. The standard InChI is InChI=1S/C19H15ClN4O5/c1-21-14-6-3-10(8-16(14)24(27)28)7-13(20)17-22-15-9-11(19(26)29-2)4-5-12(15)18(25)23-17/h3-9,21H,1-2H3,(H,22,23,25)/b13-7-. The Morgan fingerprint density at radius 2 is 2.07 bits per heavy atom. The molecule has 0 aliphatic heterocycles. The van der Waals surface area contributed by atoms with Crippen molar-refractivity contribution < 1.29 is 14.5 Å². The van der Waals surface area contributed by atoms with Crippen LogP contribution < -0.4 is 10.9 Å². The third-order valence-corrected chi connectivity index (χ3v) is 4.42. The first kappa shape index (κ1) is 20.0. The predicted molar refractivity (Wildman–Crippen MR) is 110 cm³/mol. The van der Waals surface area contributed by atoms with Gasteiger partial charge in [-0.2, -0.15) is 0 Å². The molecule has 0 spiro atoms. The van der Waals surface area contributed by atoms with Gasteiger partial charge in [0.2, 0.25) is 0 Å². The number of aromatic nitrogens is 2. The first-order valence-corrected chi connectivity index (χ1v) is 8.68. The lowest BCUT2D eigenvalue weighted by atomic mass is 10.1. The summed E-state index contributed by atoms with van der Waals surface area (Å²) in [5.74, 6) is -0.499. The minimum absolute atomic E-state index is 0.0616. The molecule has 0 atom stereocenters. The Morgan fingerprint density at radius 1 is 1.31 bits per heavy atom. The molecule has 3 aromatic rings. The molecule has 10 heteroatoms. The van der Waals surface area contributed by atoms with Crippen LogP contribution in [0, 0.1) is 10.1 Å². The highest BCUT2D eigenvalue weighted by Gasteiger charge is 2.14. The number of H-pyrrole nitrogens is 1. The van der Waals surface area contributed by atoms with Gasteiger partial charge >= 0.3 is 5.97 Å². The van der Waals surface area contributed by atoms with Gasteiger partial charge in [0, 0.05) is 13.1 Å². The number of hydrogen-bond donors (Lipinski definition) is 2. The summed E-state index contributed by atoms with van der Waals surface area (Å²) in [6, 6.07) is 8.89. The van der Waals surface area contributed by atoms with E-state index in [1.807, 2.05) is 0 Å². The number of aromatic amines is 1. The van der Waals surface area contributed by atoms with Crippen LogP contribution in [0.3, 0.4) is 0 Å². The van der Waals surface area contributed by atoms with Crippen LogP contribution in [0.5, 0.6) is 0 Å². The number of anilines is 1. The quantitative estimate of drug-likeness (QED) is 0.372. The van der Waals surface area contributed by atoms with Gasteiger partial charge in [-0.05, 0) is 35.9 Å². The number of nitrogens with one attached hydrogen (secondary N) is 2. The molecule has 0 saturated heterocycles. The van der Waals surface area contributed by atoms with Crippen molar-refractivity contribution >= 4 is 51.0 Å². The van der Waals surface area contributed by atoms with Gasteiger partial charge in [-0.15, -0.1) is 0 Å². The Labute approximate surface area is 169 Å². The molecule has 0 saturated carbocycles. The van der Waals surface area contributed by atoms with Gasteiger partial charge in [-0.25, -0.2) is 9.78 Å². The summed E-state index contributed by atoms with van der Waals surface area (Å²) in [5, 5.41) is 14.3. The van der Waals surface area contributed by atoms with Crippen LogP contribution in [0.25, 0.3) is 22.0 Å². The van der Waals surface area contributed by atoms with E-state index in [1.165, 1.54) is 37.5 Å². The molecule has 2 N–H and O–H groups in total. The number of ether oxygens (including phenoxy) is 1. The molecule has 1 heterocycles. The number of nitro benzene ring substituents is 1. The van der Waals surface area contributed by atoms with Gasteiger partial charge in [0.15, 0.2) is 5.82 Å². The average molecular weight is 415 g/mol. The monoisotopic (exact) mass is 414 g/mol. The van der Waals surface area contributed by atoms with Crippen LogP contribution in [0.2, 0.25) is 0 Å². The summed E-state index contributed by atoms with van der Waals surface area (Å²) in [7, 11) is 2.83. The largest absolute Gasteiger partial charge is 0.465 e. The zero-order valence-electron chi connectivity index (χ0n) is 15.4. The number of rotatable bonds is 5. The number of nitrogens with zero attached hydrogens (tertiary/aromatic N) is 2. The van der Waals surface area contributed by atoms with E-state index in [2.05, 4.69) is 20.0 Å². The Hall–Kier alpha value is -3.72. The molecule has 0 unspecified atom stereocenters. The third-order valence-electron chi connectivity index (χ3n) is 4.14. The zero-order valence-corrected chi connectivity index (χ0v) is 16.1. The van der Waals surface area contributed by atoms with E-state index in [9.17, 15) is 19.7 Å². The van der Waals surface area contributed by atoms with E-state index < -0.39 is 16.5 Å². The van der Waals surface area contributed by atoms with Crippen molar-refractivity contribution in [3.05, 3.63) is 73.8 Å². The average Bonchev–Trinajstić information content (AvgIpc) is 2.72. The van der Waals surface area contributed by atoms with E-state index in [-0.39, 0.29) is 33.0 Å². The van der Waals surface area contributed by atoms with Crippen LogP contribution in [0.4, 0.5) is 11.4 Å². The number of fused-ring (bicyclic) bond motifs is 1. The van der Waals surface area contributed by atoms with Crippen molar-refractivity contribution in [1.82, 2.24) is 9.97 Å². The SMILES string of the molecule is CNc1ccc(/C=C(\Cl)c2nc3cc(C(=O)OC)ccc3c(=O)[nH]2)cc1[N+](=O)[O-]. The van der Waals surface area contributed by atoms with Gasteiger partial charge in [0.25, 0.3) is 11.2 Å². The van der Waals surface area contributed by atoms with Gasteiger partial charge in [-0.3, -0.25) is 14.9 Å². The van der Waals surface area contributed by atoms with E-state index in [4.69, 9.17) is 11.6 Å². The lowest BCUT2D eigenvalue weighted by molar-refractivity contribution is -0.383. The smallest absolute Gasteiger partial charge is 0.337 e. The molecule has 2 aromatic carbocycles. The van der Waals surface area contributed by atoms with Gasteiger partial charge in [0.05, 0.1) is 33.5 Å². The fourth-order valence-corrected chi connectivity index (χ4v) is 2.93. The van der Waals surface area contributed by atoms with E-state index in [1.54, 1.807) is 19.2 Å². The second-order valence-corrected chi connectivity index (χ2v) is 6.32. The van der Waals surface area contributed by atoms with Crippen molar-refractivity contribution in [3.8, 4) is 0 Å². The van der Waals surface area contributed by atoms with Crippen molar-refractivity contribution in [3.63, 3.8) is 0 Å². The lowest BCUT2D eigenvalue weighted by Crippen LogP contribution is -2.11. The second kappa shape index (κ2) is 8.11. The molecule has 0 fully saturated rings. The maximum atomic E-state index is 12.3. The molecule has 0 bridgehead atoms. The van der Waals surface area contributed by atoms with Crippen molar-refractivity contribution in [2.24, 2.45) is 0 Å². The van der Waals surface area contributed by atoms with E-state index in [0.29, 0.717) is 11.3 Å². The lowest BCUT2D eigenvalue weighted by Gasteiger charge is -2.05. The minimum atomic E-state index is -0.561. The highest BCUT2D eigenvalue weighted by Crippen LogP contribution is 2.28. The van der Waals surface area contributed by atoms with Crippen molar-refractivity contribution in [1.29, 1.82) is 0 Å². The van der Waals surface area contributed by atoms with Crippen molar-refractivity contribution in [2.45, 2.75) is 0 Å². The molecule has 0 radical (unpaired) electrons. The molecule has 0 aliphatic carbocycles. The Balaban J connectivity index is 2.07. The number of nitro groups is 1. The summed E-state index contributed by atoms with van der Waals surface area (Å²) in [6.07, 6.45) is 1.45. The maximum absolute atomic E-state index is 12.3. The van der Waals surface area contributed by atoms with Crippen LogP contribution >= 0.6 is 11.6 Å². The van der Waals surface area contributed by atoms with E-state index in [0.717, 1.165) is 0 Å². The summed E-state index contributed by atoms with van der Waals surface area (Å²) in [5.41, 5.74) is 0.748. The van der Waals surface area contributed by atoms with Crippen LogP contribution in [-0.2, 0) is 4.74 Å². The molecule has 9 nitrogen and oxygen atoms in total. The first-order valence-electron chi connectivity index (χ1n) is 8.30. The molecule has 0 aliphatic rings. The molecular weight excluding hydrogens is 400 g/mol. The second-order valence-electron chi connectivity index (χ2n) is 5.91. The number of methoxy groups -OCH3 is 1. The molecule has 1 aromatic heterocycles. The molecule has 29 heavy (non-hydrogen) atoms. The maximum Gasteiger partial charge on any atom is 0.337 e. The zero-order chi connectivity index (χ0) is 21.1. The predicted octanol–water partition coefficient (Wildman–Crippen LogP) is 3.40. The third kappa shape index (κ3) is 4.09. The fourth-order valence-electron chi connectivity index (χ4n) is 2.71. The summed E-state index contributed by atoms with van der Waals surface area (Å²) >= 11 is 6.30. The number of carbonyl (C=O) groups excluding carboxylic acids is 1. The van der Waals surface area contributed by atoms with Gasteiger partial charge < -0.3 is 15.0 Å². The van der Waals surface area contributed by atoms with Crippen LogP contribution in [0.15, 0.2) is 41.2 Å². The molecule has 148 valence electrons. The van der Waals surface area contributed by atoms with Crippen LogP contribution in [0.1, 0.15) is 21.7 Å². The highest BCUT2D eigenvalue weighted by molar-refractivity contribution is 6.50. The molecular formula is C19H15ClN4O5. The topological polar surface area (TPSA) is 127 Å². The fraction of sp³-hybridized carbons (Fsp3) is 0.105. The normalized spacial score (nSPS) is 11.3. The Bertz CT molecular complexity index is 1220. The summed E-state index contributed by atoms with van der Waals surface area (Å²) in [6.45, 7) is 0. The number of halogens is 1. The highest BCUT2D eigenvalue weighted by atomic mass is 35.5. The minimum Gasteiger partial charge on any atom is -0.465 e. The number of benzene rings is 2.